The van der Waals surface area contributed by atoms with Crippen molar-refractivity contribution in [1.29, 1.82) is 0 Å². The van der Waals surface area contributed by atoms with Crippen molar-refractivity contribution in [1.82, 2.24) is 0 Å². The first-order valence-electron chi connectivity index (χ1n) is 5.51. The van der Waals surface area contributed by atoms with Gasteiger partial charge in [-0.15, -0.1) is 0 Å². The summed E-state index contributed by atoms with van der Waals surface area (Å²) in [5.41, 5.74) is 0.407. The van der Waals surface area contributed by atoms with Gasteiger partial charge >= 0.3 is 10.3 Å². The van der Waals surface area contributed by atoms with Gasteiger partial charge in [-0.25, -0.2) is 5.14 Å². The SMILES string of the molecule is COCO[C@H](c1c(Cl)cccc1Cl)[C@@H](C)OS(N)(=O)=O. The van der Waals surface area contributed by atoms with Crippen LogP contribution < -0.4 is 5.14 Å². The highest BCUT2D eigenvalue weighted by molar-refractivity contribution is 7.84. The van der Waals surface area contributed by atoms with E-state index in [2.05, 4.69) is 0 Å². The lowest BCUT2D eigenvalue weighted by atomic mass is 10.1. The van der Waals surface area contributed by atoms with E-state index in [1.54, 1.807) is 18.2 Å². The van der Waals surface area contributed by atoms with Crippen molar-refractivity contribution in [3.63, 3.8) is 0 Å². The highest BCUT2D eigenvalue weighted by Gasteiger charge is 2.28. The Morgan fingerprint density at radius 1 is 1.30 bits per heavy atom. The summed E-state index contributed by atoms with van der Waals surface area (Å²) in [5, 5.41) is 5.50. The normalized spacial score (nSPS) is 15.1. The van der Waals surface area contributed by atoms with E-state index < -0.39 is 22.5 Å². The molecule has 0 amide bonds. The monoisotopic (exact) mass is 343 g/mol. The molecular formula is C11H15Cl2NO5S. The second-order valence-corrected chi connectivity index (χ2v) is 5.92. The number of benzene rings is 1. The van der Waals surface area contributed by atoms with Gasteiger partial charge in [0.25, 0.3) is 0 Å². The smallest absolute Gasteiger partial charge is 0.333 e. The van der Waals surface area contributed by atoms with Crippen molar-refractivity contribution in [2.45, 2.75) is 19.1 Å². The molecule has 2 atom stereocenters. The fourth-order valence-electron chi connectivity index (χ4n) is 1.64. The van der Waals surface area contributed by atoms with E-state index in [0.29, 0.717) is 15.6 Å². The highest BCUT2D eigenvalue weighted by atomic mass is 35.5. The molecule has 0 aliphatic carbocycles. The summed E-state index contributed by atoms with van der Waals surface area (Å²) in [4.78, 5) is 0. The molecule has 0 radical (unpaired) electrons. The maximum atomic E-state index is 11.0. The Morgan fingerprint density at radius 3 is 2.30 bits per heavy atom. The van der Waals surface area contributed by atoms with Gasteiger partial charge in [0, 0.05) is 22.7 Å². The Hall–Kier alpha value is -0.410. The number of methoxy groups -OCH3 is 1. The van der Waals surface area contributed by atoms with E-state index in [1.165, 1.54) is 14.0 Å². The van der Waals surface area contributed by atoms with Gasteiger partial charge in [-0.3, -0.25) is 4.18 Å². The number of ether oxygens (including phenoxy) is 2. The molecule has 0 saturated carbocycles. The van der Waals surface area contributed by atoms with Gasteiger partial charge in [-0.1, -0.05) is 29.3 Å². The van der Waals surface area contributed by atoms with Crippen molar-refractivity contribution in [2.75, 3.05) is 13.9 Å². The van der Waals surface area contributed by atoms with Crippen LogP contribution in [0.15, 0.2) is 18.2 Å². The Morgan fingerprint density at radius 2 is 1.85 bits per heavy atom. The van der Waals surface area contributed by atoms with Crippen LogP contribution in [0.3, 0.4) is 0 Å². The van der Waals surface area contributed by atoms with E-state index in [1.807, 2.05) is 0 Å². The molecule has 0 aromatic heterocycles. The number of nitrogens with two attached hydrogens (primary N) is 1. The van der Waals surface area contributed by atoms with Crippen LogP contribution in [0.2, 0.25) is 10.0 Å². The molecule has 2 N–H and O–H groups in total. The van der Waals surface area contributed by atoms with Gasteiger partial charge in [-0.05, 0) is 19.1 Å². The molecule has 0 spiro atoms. The van der Waals surface area contributed by atoms with Crippen molar-refractivity contribution < 1.29 is 22.1 Å². The lowest BCUT2D eigenvalue weighted by Crippen LogP contribution is -2.29. The van der Waals surface area contributed by atoms with Gasteiger partial charge in [0.05, 0.1) is 0 Å². The van der Waals surface area contributed by atoms with Crippen LogP contribution in [0.1, 0.15) is 18.6 Å². The number of rotatable bonds is 7. The minimum absolute atomic E-state index is 0.0927. The molecule has 9 heteroatoms. The number of hydrogen-bond acceptors (Lipinski definition) is 5. The topological polar surface area (TPSA) is 87.8 Å². The van der Waals surface area contributed by atoms with Gasteiger partial charge in [0.15, 0.2) is 0 Å². The summed E-state index contributed by atoms with van der Waals surface area (Å²) in [6.07, 6.45) is -1.79. The first-order valence-corrected chi connectivity index (χ1v) is 7.74. The Bertz CT molecular complexity index is 531. The average molecular weight is 344 g/mol. The molecule has 1 rings (SSSR count). The molecule has 1 aromatic carbocycles. The van der Waals surface area contributed by atoms with Crippen LogP contribution in [-0.2, 0) is 24.0 Å². The fourth-order valence-corrected chi connectivity index (χ4v) is 2.78. The lowest BCUT2D eigenvalue weighted by molar-refractivity contribution is -0.104. The largest absolute Gasteiger partial charge is 0.359 e. The van der Waals surface area contributed by atoms with Gasteiger partial charge in [-0.2, -0.15) is 8.42 Å². The quantitative estimate of drug-likeness (QED) is 0.767. The minimum Gasteiger partial charge on any atom is -0.359 e. The van der Waals surface area contributed by atoms with Gasteiger partial charge in [0.2, 0.25) is 0 Å². The average Bonchev–Trinajstić information content (AvgIpc) is 2.30. The molecule has 0 bridgehead atoms. The maximum Gasteiger partial charge on any atom is 0.333 e. The number of halogens is 2. The van der Waals surface area contributed by atoms with Crippen LogP contribution in [-0.4, -0.2) is 28.4 Å². The predicted molar refractivity (Wildman–Crippen MR) is 75.8 cm³/mol. The summed E-state index contributed by atoms with van der Waals surface area (Å²) in [6.45, 7) is 1.38. The van der Waals surface area contributed by atoms with Crippen molar-refractivity contribution in [3.05, 3.63) is 33.8 Å². The van der Waals surface area contributed by atoms with Crippen LogP contribution >= 0.6 is 23.2 Å². The number of hydrogen-bond donors (Lipinski definition) is 1. The van der Waals surface area contributed by atoms with E-state index in [9.17, 15) is 8.42 Å². The van der Waals surface area contributed by atoms with E-state index in [0.717, 1.165) is 0 Å². The molecule has 0 aliphatic rings. The maximum absolute atomic E-state index is 11.0. The summed E-state index contributed by atoms with van der Waals surface area (Å²) in [6, 6.07) is 4.87. The predicted octanol–water partition coefficient (Wildman–Crippen LogP) is 2.26. The Labute approximate surface area is 128 Å². The van der Waals surface area contributed by atoms with E-state index >= 15 is 0 Å². The minimum atomic E-state index is -4.13. The van der Waals surface area contributed by atoms with Crippen LogP contribution in [0.4, 0.5) is 0 Å². The van der Waals surface area contributed by atoms with Crippen LogP contribution in [0.5, 0.6) is 0 Å². The molecule has 6 nitrogen and oxygen atoms in total. The highest BCUT2D eigenvalue weighted by Crippen LogP contribution is 2.35. The summed E-state index contributed by atoms with van der Waals surface area (Å²) >= 11 is 12.2. The van der Waals surface area contributed by atoms with Gasteiger partial charge in [0.1, 0.15) is 19.0 Å². The van der Waals surface area contributed by atoms with Crippen LogP contribution in [0, 0.1) is 0 Å². The van der Waals surface area contributed by atoms with Crippen molar-refractivity contribution in [3.8, 4) is 0 Å². The van der Waals surface area contributed by atoms with Crippen LogP contribution in [0.25, 0.3) is 0 Å². The zero-order valence-electron chi connectivity index (χ0n) is 10.9. The molecule has 0 heterocycles. The lowest BCUT2D eigenvalue weighted by Gasteiger charge is -2.25. The zero-order chi connectivity index (χ0) is 15.3. The summed E-state index contributed by atoms with van der Waals surface area (Å²) < 4.78 is 37.0. The second-order valence-electron chi connectivity index (χ2n) is 3.92. The molecule has 114 valence electrons. The Kier molecular flexibility index (Phi) is 6.67. The van der Waals surface area contributed by atoms with Gasteiger partial charge < -0.3 is 9.47 Å². The van der Waals surface area contributed by atoms with E-state index in [4.69, 9.17) is 42.0 Å². The molecule has 0 aliphatic heterocycles. The van der Waals surface area contributed by atoms with Crippen molar-refractivity contribution in [2.24, 2.45) is 5.14 Å². The third-order valence-corrected chi connectivity index (χ3v) is 3.59. The third-order valence-electron chi connectivity index (χ3n) is 2.36. The first-order chi connectivity index (χ1) is 9.26. The summed E-state index contributed by atoms with van der Waals surface area (Å²) in [7, 11) is -2.71. The fraction of sp³-hybridized carbons (Fsp3) is 0.455. The van der Waals surface area contributed by atoms with E-state index in [-0.39, 0.29) is 6.79 Å². The molecule has 0 saturated heterocycles. The van der Waals surface area contributed by atoms with Crippen molar-refractivity contribution >= 4 is 33.5 Å². The second kappa shape index (κ2) is 7.56. The molecule has 1 aromatic rings. The zero-order valence-corrected chi connectivity index (χ0v) is 13.2. The molecule has 0 fully saturated rings. The standard InChI is InChI=1S/C11H15Cl2NO5S/c1-7(19-20(14,15)16)11(18-6-17-2)10-8(12)4-3-5-9(10)13/h3-5,7,11H,6H2,1-2H3,(H2,14,15,16)/t7-,11+/m1/s1. The molecule has 20 heavy (non-hydrogen) atoms. The third kappa shape index (κ3) is 5.17. The summed E-state index contributed by atoms with van der Waals surface area (Å²) in [5.74, 6) is 0. The Balaban J connectivity index is 3.11. The first kappa shape index (κ1) is 17.6. The molecular weight excluding hydrogens is 329 g/mol. The molecule has 0 unspecified atom stereocenters.